The van der Waals surface area contributed by atoms with Crippen molar-refractivity contribution < 1.29 is 4.52 Å². The summed E-state index contributed by atoms with van der Waals surface area (Å²) in [4.78, 5) is 12.0. The van der Waals surface area contributed by atoms with Gasteiger partial charge in [-0.1, -0.05) is 17.6 Å². The topological polar surface area (TPSA) is 72.9 Å². The molecule has 0 N–H and O–H groups in total. The quantitative estimate of drug-likeness (QED) is 0.715. The first-order valence-corrected chi connectivity index (χ1v) is 8.69. The normalized spacial score (nSPS) is 19.2. The number of aromatic nitrogens is 5. The van der Waals surface area contributed by atoms with Gasteiger partial charge in [0.25, 0.3) is 0 Å². The van der Waals surface area contributed by atoms with Crippen molar-refractivity contribution in [2.45, 2.75) is 38.4 Å². The molecule has 4 heterocycles. The molecule has 0 amide bonds. The Morgan fingerprint density at radius 3 is 3.17 bits per heavy atom. The van der Waals surface area contributed by atoms with Crippen LogP contribution in [0.2, 0.25) is 0 Å². The highest BCUT2D eigenvalue weighted by molar-refractivity contribution is 7.13. The molecule has 120 valence electrons. The summed E-state index contributed by atoms with van der Waals surface area (Å²) in [6, 6.07) is 4.44. The van der Waals surface area contributed by atoms with Gasteiger partial charge in [0.1, 0.15) is 12.7 Å². The molecule has 0 aliphatic carbocycles. The molecule has 0 unspecified atom stereocenters. The Bertz CT molecular complexity index is 723. The van der Waals surface area contributed by atoms with Gasteiger partial charge in [0, 0.05) is 6.04 Å². The summed E-state index contributed by atoms with van der Waals surface area (Å²) < 4.78 is 7.34. The maximum Gasteiger partial charge on any atom is 0.241 e. The van der Waals surface area contributed by atoms with Crippen molar-refractivity contribution >= 4 is 11.3 Å². The van der Waals surface area contributed by atoms with E-state index in [9.17, 15) is 0 Å². The highest BCUT2D eigenvalue weighted by atomic mass is 32.1. The van der Waals surface area contributed by atoms with Crippen molar-refractivity contribution in [3.63, 3.8) is 0 Å². The molecule has 7 nitrogen and oxygen atoms in total. The van der Waals surface area contributed by atoms with E-state index in [0.29, 0.717) is 24.3 Å². The second-order valence-electron chi connectivity index (χ2n) is 5.73. The zero-order valence-corrected chi connectivity index (χ0v) is 13.5. The van der Waals surface area contributed by atoms with Gasteiger partial charge in [-0.15, -0.1) is 11.3 Å². The lowest BCUT2D eigenvalue weighted by atomic mass is 10.0. The van der Waals surface area contributed by atoms with Gasteiger partial charge in [-0.2, -0.15) is 10.1 Å². The lowest BCUT2D eigenvalue weighted by Crippen LogP contribution is -2.41. The molecule has 1 saturated heterocycles. The van der Waals surface area contributed by atoms with Gasteiger partial charge in [-0.25, -0.2) is 4.98 Å². The highest BCUT2D eigenvalue weighted by Gasteiger charge is 2.25. The van der Waals surface area contributed by atoms with E-state index in [-0.39, 0.29) is 0 Å². The summed E-state index contributed by atoms with van der Waals surface area (Å²) in [5, 5.41) is 10.3. The molecule has 1 aliphatic heterocycles. The van der Waals surface area contributed by atoms with Crippen LogP contribution in [0.25, 0.3) is 10.7 Å². The summed E-state index contributed by atoms with van der Waals surface area (Å²) >= 11 is 1.62. The van der Waals surface area contributed by atoms with Crippen LogP contribution in [0.15, 0.2) is 34.7 Å². The number of likely N-dealkylation sites (tertiary alicyclic amines) is 1. The molecule has 0 bridgehead atoms. The van der Waals surface area contributed by atoms with Crippen molar-refractivity contribution in [2.24, 2.45) is 0 Å². The van der Waals surface area contributed by atoms with Crippen molar-refractivity contribution in [3.05, 3.63) is 36.1 Å². The smallest absolute Gasteiger partial charge is 0.241 e. The summed E-state index contributed by atoms with van der Waals surface area (Å²) in [6.45, 7) is 2.60. The predicted octanol–water partition coefficient (Wildman–Crippen LogP) is 2.44. The van der Waals surface area contributed by atoms with Crippen LogP contribution < -0.4 is 0 Å². The number of hydrogen-bond acceptors (Lipinski definition) is 7. The molecule has 23 heavy (non-hydrogen) atoms. The molecule has 8 heteroatoms. The molecular formula is C15H18N6OS. The van der Waals surface area contributed by atoms with E-state index in [2.05, 4.69) is 25.1 Å². The standard InChI is InChI=1S/C15H18N6OS/c1-2-6-20(12(4-1)8-21-11-16-10-17-21)9-14-18-15(19-22-14)13-5-3-7-23-13/h3,5,7,10-12H,1-2,4,6,8-9H2/t12-/m0/s1. The first-order chi connectivity index (χ1) is 11.4. The fourth-order valence-corrected chi connectivity index (χ4v) is 3.67. The SMILES string of the molecule is c1csc(-c2noc(CN3CCCC[C@H]3Cn3cncn3)n2)c1. The van der Waals surface area contributed by atoms with Gasteiger partial charge < -0.3 is 4.52 Å². The summed E-state index contributed by atoms with van der Waals surface area (Å²) in [5.41, 5.74) is 0. The third kappa shape index (κ3) is 3.32. The molecular weight excluding hydrogens is 312 g/mol. The van der Waals surface area contributed by atoms with Crippen LogP contribution in [0.5, 0.6) is 0 Å². The van der Waals surface area contributed by atoms with Crippen LogP contribution in [0.4, 0.5) is 0 Å². The Morgan fingerprint density at radius 1 is 1.35 bits per heavy atom. The van der Waals surface area contributed by atoms with Gasteiger partial charge in [0.05, 0.1) is 18.0 Å². The molecule has 0 aromatic carbocycles. The first kappa shape index (κ1) is 14.5. The van der Waals surface area contributed by atoms with Crippen LogP contribution in [0.3, 0.4) is 0 Å². The lowest BCUT2D eigenvalue weighted by Gasteiger charge is -2.34. The molecule has 1 fully saturated rings. The van der Waals surface area contributed by atoms with Crippen LogP contribution in [-0.4, -0.2) is 42.4 Å². The largest absolute Gasteiger partial charge is 0.338 e. The molecule has 0 saturated carbocycles. The monoisotopic (exact) mass is 330 g/mol. The summed E-state index contributed by atoms with van der Waals surface area (Å²) in [7, 11) is 0. The van der Waals surface area contributed by atoms with E-state index in [1.807, 2.05) is 22.2 Å². The molecule has 1 aliphatic rings. The Hall–Kier alpha value is -2.06. The fraction of sp³-hybridized carbons (Fsp3) is 0.467. The Labute approximate surface area is 138 Å². The second kappa shape index (κ2) is 6.59. The number of hydrogen-bond donors (Lipinski definition) is 0. The zero-order valence-electron chi connectivity index (χ0n) is 12.7. The minimum Gasteiger partial charge on any atom is -0.338 e. The maximum absolute atomic E-state index is 5.44. The van der Waals surface area contributed by atoms with Gasteiger partial charge >= 0.3 is 0 Å². The average Bonchev–Trinajstić information content (AvgIpc) is 3.31. The Morgan fingerprint density at radius 2 is 2.35 bits per heavy atom. The third-order valence-corrected chi connectivity index (χ3v) is 5.03. The molecule has 4 rings (SSSR count). The van der Waals surface area contributed by atoms with E-state index in [1.165, 1.54) is 12.8 Å². The van der Waals surface area contributed by atoms with Crippen LogP contribution in [0, 0.1) is 0 Å². The van der Waals surface area contributed by atoms with Gasteiger partial charge in [0.2, 0.25) is 11.7 Å². The molecule has 0 spiro atoms. The van der Waals surface area contributed by atoms with E-state index in [1.54, 1.807) is 24.0 Å². The van der Waals surface area contributed by atoms with Crippen LogP contribution in [0.1, 0.15) is 25.2 Å². The number of nitrogens with zero attached hydrogens (tertiary/aromatic N) is 6. The van der Waals surface area contributed by atoms with Gasteiger partial charge in [-0.3, -0.25) is 9.58 Å². The lowest BCUT2D eigenvalue weighted by molar-refractivity contribution is 0.108. The van der Waals surface area contributed by atoms with Gasteiger partial charge in [-0.05, 0) is 30.8 Å². The highest BCUT2D eigenvalue weighted by Crippen LogP contribution is 2.24. The van der Waals surface area contributed by atoms with Crippen molar-refractivity contribution in [3.8, 4) is 10.7 Å². The van der Waals surface area contributed by atoms with E-state index >= 15 is 0 Å². The molecule has 3 aromatic heterocycles. The predicted molar refractivity (Wildman–Crippen MR) is 85.7 cm³/mol. The van der Waals surface area contributed by atoms with Crippen molar-refractivity contribution in [1.29, 1.82) is 0 Å². The molecule has 3 aromatic rings. The summed E-state index contributed by atoms with van der Waals surface area (Å²) in [5.74, 6) is 1.36. The van der Waals surface area contributed by atoms with E-state index in [0.717, 1.165) is 24.4 Å². The first-order valence-electron chi connectivity index (χ1n) is 7.81. The number of rotatable bonds is 5. The molecule has 1 atom stereocenters. The van der Waals surface area contributed by atoms with Crippen molar-refractivity contribution in [1.82, 2.24) is 29.8 Å². The minimum absolute atomic E-state index is 0.433. The Balaban J connectivity index is 1.45. The van der Waals surface area contributed by atoms with E-state index < -0.39 is 0 Å². The van der Waals surface area contributed by atoms with Crippen LogP contribution in [-0.2, 0) is 13.1 Å². The number of thiophene rings is 1. The fourth-order valence-electron chi connectivity index (χ4n) is 3.02. The van der Waals surface area contributed by atoms with E-state index in [4.69, 9.17) is 4.52 Å². The second-order valence-corrected chi connectivity index (χ2v) is 6.67. The van der Waals surface area contributed by atoms with Crippen LogP contribution >= 0.6 is 11.3 Å². The third-order valence-electron chi connectivity index (χ3n) is 4.16. The summed E-state index contributed by atoms with van der Waals surface area (Å²) in [6.07, 6.45) is 6.97. The van der Waals surface area contributed by atoms with Gasteiger partial charge in [0.15, 0.2) is 0 Å². The zero-order chi connectivity index (χ0) is 15.5. The molecule has 0 radical (unpaired) electrons. The van der Waals surface area contributed by atoms with Crippen molar-refractivity contribution in [2.75, 3.05) is 6.54 Å². The number of piperidine rings is 1. The average molecular weight is 330 g/mol. The Kier molecular flexibility index (Phi) is 4.16. The maximum atomic E-state index is 5.44. The minimum atomic E-state index is 0.433.